The van der Waals surface area contributed by atoms with E-state index in [0.717, 1.165) is 17.8 Å². The molecule has 1 heterocycles. The van der Waals surface area contributed by atoms with Gasteiger partial charge in [0.2, 0.25) is 0 Å². The minimum absolute atomic E-state index is 0.342. The van der Waals surface area contributed by atoms with Gasteiger partial charge in [-0.3, -0.25) is 0 Å². The number of likely N-dealkylation sites (N-methyl/N-ethyl adjacent to an activating group) is 1. The summed E-state index contributed by atoms with van der Waals surface area (Å²) in [4.78, 5) is 2.41. The Labute approximate surface area is 83.6 Å². The lowest BCUT2D eigenvalue weighted by atomic mass is 10.3. The second-order valence-electron chi connectivity index (χ2n) is 2.98. The van der Waals surface area contributed by atoms with Crippen molar-refractivity contribution in [2.24, 2.45) is 0 Å². The van der Waals surface area contributed by atoms with E-state index in [2.05, 4.69) is 18.3 Å². The quantitative estimate of drug-likeness (QED) is 0.759. The van der Waals surface area contributed by atoms with Gasteiger partial charge in [0.05, 0.1) is 0 Å². The maximum absolute atomic E-state index is 9.71. The molecule has 0 radical (unpaired) electrons. The minimum Gasteiger partial charge on any atom is -0.386 e. The number of rotatable bonds is 5. The predicted molar refractivity (Wildman–Crippen MR) is 57.2 cm³/mol. The summed E-state index contributed by atoms with van der Waals surface area (Å²) < 4.78 is 0. The highest BCUT2D eigenvalue weighted by Gasteiger charge is 2.08. The van der Waals surface area contributed by atoms with Gasteiger partial charge in [0, 0.05) is 16.3 Å². The Kier molecular flexibility index (Phi) is 4.42. The van der Waals surface area contributed by atoms with E-state index < -0.39 is 0 Å². The Morgan fingerprint density at radius 2 is 2.23 bits per heavy atom. The molecule has 1 unspecified atom stereocenters. The maximum Gasteiger partial charge on any atom is 0.101 e. The summed E-state index contributed by atoms with van der Waals surface area (Å²) in [6, 6.07) is 4.11. The maximum atomic E-state index is 9.71. The molecular weight excluding hydrogens is 182 g/mol. The van der Waals surface area contributed by atoms with E-state index in [4.69, 9.17) is 0 Å². The number of nitrogens with one attached hydrogen (secondary N) is 1. The summed E-state index contributed by atoms with van der Waals surface area (Å²) >= 11 is 1.70. The molecule has 0 aliphatic carbocycles. The molecule has 1 atom stereocenters. The van der Waals surface area contributed by atoms with Gasteiger partial charge in [-0.1, -0.05) is 13.8 Å². The van der Waals surface area contributed by atoms with Crippen molar-refractivity contribution >= 4 is 11.3 Å². The van der Waals surface area contributed by atoms with Crippen LogP contribution in [-0.2, 0) is 6.42 Å². The molecule has 74 valence electrons. The molecule has 0 amide bonds. The van der Waals surface area contributed by atoms with Gasteiger partial charge in [-0.25, -0.2) is 0 Å². The highest BCUT2D eigenvalue weighted by Crippen LogP contribution is 2.22. The Hall–Kier alpha value is -0.380. The Bertz CT molecular complexity index is 247. The van der Waals surface area contributed by atoms with Gasteiger partial charge in [0.25, 0.3) is 0 Å². The van der Waals surface area contributed by atoms with Crippen LogP contribution in [0, 0.1) is 0 Å². The van der Waals surface area contributed by atoms with Crippen molar-refractivity contribution < 1.29 is 5.11 Å². The lowest BCUT2D eigenvalue weighted by Crippen LogP contribution is -2.20. The molecule has 1 aromatic rings. The van der Waals surface area contributed by atoms with Gasteiger partial charge in [0.15, 0.2) is 0 Å². The smallest absolute Gasteiger partial charge is 0.101 e. The molecule has 1 aromatic heterocycles. The fraction of sp³-hybridized carbons (Fsp3) is 0.600. The Balaban J connectivity index is 2.50. The van der Waals surface area contributed by atoms with Gasteiger partial charge in [-0.05, 0) is 25.1 Å². The van der Waals surface area contributed by atoms with Crippen LogP contribution in [0.4, 0.5) is 0 Å². The monoisotopic (exact) mass is 199 g/mol. The minimum atomic E-state index is -0.342. The third kappa shape index (κ3) is 3.10. The SMILES string of the molecule is CCNCC(O)c1ccc(CC)s1. The average Bonchev–Trinajstić information content (AvgIpc) is 2.62. The van der Waals surface area contributed by atoms with Crippen LogP contribution < -0.4 is 5.32 Å². The Morgan fingerprint density at radius 3 is 2.77 bits per heavy atom. The van der Waals surface area contributed by atoms with Crippen LogP contribution in [0.15, 0.2) is 12.1 Å². The highest BCUT2D eigenvalue weighted by atomic mass is 32.1. The van der Waals surface area contributed by atoms with Crippen LogP contribution in [-0.4, -0.2) is 18.2 Å². The second kappa shape index (κ2) is 5.37. The standard InChI is InChI=1S/C10H17NOS/c1-3-8-5-6-10(13-8)9(12)7-11-4-2/h5-6,9,11-12H,3-4,7H2,1-2H3. The molecule has 0 saturated carbocycles. The van der Waals surface area contributed by atoms with Gasteiger partial charge < -0.3 is 10.4 Å². The zero-order valence-corrected chi connectivity index (χ0v) is 9.03. The first-order valence-corrected chi connectivity index (χ1v) is 5.57. The van der Waals surface area contributed by atoms with Crippen LogP contribution in [0.25, 0.3) is 0 Å². The van der Waals surface area contributed by atoms with E-state index in [1.54, 1.807) is 11.3 Å². The van der Waals surface area contributed by atoms with Crippen molar-refractivity contribution in [3.05, 3.63) is 21.9 Å². The fourth-order valence-corrected chi connectivity index (χ4v) is 2.08. The van der Waals surface area contributed by atoms with E-state index in [1.807, 2.05) is 13.0 Å². The normalized spacial score (nSPS) is 13.2. The van der Waals surface area contributed by atoms with Crippen molar-refractivity contribution in [2.75, 3.05) is 13.1 Å². The number of thiophene rings is 1. The van der Waals surface area contributed by atoms with Gasteiger partial charge >= 0.3 is 0 Å². The highest BCUT2D eigenvalue weighted by molar-refractivity contribution is 7.12. The molecule has 0 aromatic carbocycles. The Morgan fingerprint density at radius 1 is 1.46 bits per heavy atom. The van der Waals surface area contributed by atoms with Crippen molar-refractivity contribution in [1.82, 2.24) is 5.32 Å². The summed E-state index contributed by atoms with van der Waals surface area (Å²) in [5, 5.41) is 12.8. The molecule has 2 nitrogen and oxygen atoms in total. The van der Waals surface area contributed by atoms with E-state index >= 15 is 0 Å². The van der Waals surface area contributed by atoms with E-state index in [0.29, 0.717) is 6.54 Å². The molecule has 0 fully saturated rings. The summed E-state index contributed by atoms with van der Waals surface area (Å²) in [5.41, 5.74) is 0. The van der Waals surface area contributed by atoms with Crippen LogP contribution in [0.2, 0.25) is 0 Å². The van der Waals surface area contributed by atoms with E-state index in [9.17, 15) is 5.11 Å². The lowest BCUT2D eigenvalue weighted by molar-refractivity contribution is 0.179. The number of aryl methyl sites for hydroxylation is 1. The van der Waals surface area contributed by atoms with Crippen LogP contribution >= 0.6 is 11.3 Å². The zero-order valence-electron chi connectivity index (χ0n) is 8.21. The first kappa shape index (κ1) is 10.7. The van der Waals surface area contributed by atoms with Crippen LogP contribution in [0.3, 0.4) is 0 Å². The summed E-state index contributed by atoms with van der Waals surface area (Å²) in [7, 11) is 0. The first-order chi connectivity index (χ1) is 6.27. The predicted octanol–water partition coefficient (Wildman–Crippen LogP) is 1.95. The first-order valence-electron chi connectivity index (χ1n) is 4.75. The van der Waals surface area contributed by atoms with E-state index in [-0.39, 0.29) is 6.10 Å². The van der Waals surface area contributed by atoms with Gasteiger partial charge in [-0.15, -0.1) is 11.3 Å². The molecule has 1 rings (SSSR count). The molecule has 13 heavy (non-hydrogen) atoms. The summed E-state index contributed by atoms with van der Waals surface area (Å²) in [6.45, 7) is 5.73. The van der Waals surface area contributed by atoms with Crippen molar-refractivity contribution in [2.45, 2.75) is 26.4 Å². The van der Waals surface area contributed by atoms with Crippen LogP contribution in [0.1, 0.15) is 29.7 Å². The van der Waals surface area contributed by atoms with E-state index in [1.165, 1.54) is 4.88 Å². The van der Waals surface area contributed by atoms with Crippen molar-refractivity contribution in [1.29, 1.82) is 0 Å². The molecule has 3 heteroatoms. The zero-order chi connectivity index (χ0) is 9.68. The summed E-state index contributed by atoms with van der Waals surface area (Å²) in [6.07, 6.45) is 0.712. The molecule has 0 spiro atoms. The van der Waals surface area contributed by atoms with Gasteiger partial charge in [0.1, 0.15) is 6.10 Å². The molecule has 0 bridgehead atoms. The second-order valence-corrected chi connectivity index (χ2v) is 4.18. The third-order valence-electron chi connectivity index (χ3n) is 1.95. The lowest BCUT2D eigenvalue weighted by Gasteiger charge is -2.07. The molecule has 0 aliphatic heterocycles. The molecule has 0 saturated heterocycles. The average molecular weight is 199 g/mol. The van der Waals surface area contributed by atoms with Gasteiger partial charge in [-0.2, -0.15) is 0 Å². The molecular formula is C10H17NOS. The summed E-state index contributed by atoms with van der Waals surface area (Å²) in [5.74, 6) is 0. The number of aliphatic hydroxyl groups is 1. The number of hydrogen-bond donors (Lipinski definition) is 2. The van der Waals surface area contributed by atoms with Crippen molar-refractivity contribution in [3.63, 3.8) is 0 Å². The fourth-order valence-electron chi connectivity index (χ4n) is 1.15. The largest absolute Gasteiger partial charge is 0.386 e. The topological polar surface area (TPSA) is 32.3 Å². The third-order valence-corrected chi connectivity index (χ3v) is 3.28. The molecule has 2 N–H and O–H groups in total. The van der Waals surface area contributed by atoms with Crippen LogP contribution in [0.5, 0.6) is 0 Å². The number of aliphatic hydroxyl groups excluding tert-OH is 1. The van der Waals surface area contributed by atoms with Crippen molar-refractivity contribution in [3.8, 4) is 0 Å². The molecule has 0 aliphatic rings. The number of hydrogen-bond acceptors (Lipinski definition) is 3.